The van der Waals surface area contributed by atoms with Gasteiger partial charge in [-0.15, -0.1) is 0 Å². The zero-order valence-electron chi connectivity index (χ0n) is 24.9. The van der Waals surface area contributed by atoms with Crippen molar-refractivity contribution in [1.82, 2.24) is 28.7 Å². The summed E-state index contributed by atoms with van der Waals surface area (Å²) in [5, 5.41) is 1.04. The molecule has 3 atom stereocenters. The number of fused-ring (bicyclic) bond motifs is 4. The number of aromatic nitrogens is 4. The number of aryl methyl sites for hydroxylation is 1. The Morgan fingerprint density at radius 3 is 2.65 bits per heavy atom. The average molecular weight is 580 g/mol. The quantitative estimate of drug-likeness (QED) is 0.369. The first-order valence-corrected chi connectivity index (χ1v) is 15.4. The molecular weight excluding hydrogens is 542 g/mol. The number of hydrogen-bond donors (Lipinski definition) is 1. The van der Waals surface area contributed by atoms with E-state index < -0.39 is 0 Å². The summed E-state index contributed by atoms with van der Waals surface area (Å²) >= 11 is 0. The highest BCUT2D eigenvalue weighted by molar-refractivity contribution is 5.98. The average Bonchev–Trinajstić information content (AvgIpc) is 3.32. The van der Waals surface area contributed by atoms with Crippen LogP contribution in [0.3, 0.4) is 0 Å². The van der Waals surface area contributed by atoms with E-state index in [2.05, 4.69) is 16.7 Å². The minimum atomic E-state index is 0.00437. The van der Waals surface area contributed by atoms with Gasteiger partial charge in [0.1, 0.15) is 17.0 Å². The van der Waals surface area contributed by atoms with Crippen molar-refractivity contribution in [2.75, 3.05) is 20.7 Å². The molecule has 222 valence electrons. The standard InChI is InChI=1S/C33H37N7O3/c1-18-31(36-28-13-22(15-30(43-3)39(18)28)33(42)40-23-7-9-26(40)24(34)16-23)27-12-21-6-8-25(20-10-11-37(2)29(41)14-20)35-32(21)38(27)17-19-4-5-19/h6,8,12-15,19,23-24,26H,4-5,7,9-11,16-17,34H2,1-3H3/t23-,24+,26+/m0/s1. The molecule has 3 fully saturated rings. The third kappa shape index (κ3) is 4.17. The molecule has 4 aliphatic rings. The predicted octanol–water partition coefficient (Wildman–Crippen LogP) is 4.03. The van der Waals surface area contributed by atoms with Crippen molar-refractivity contribution in [3.8, 4) is 17.3 Å². The first-order valence-electron chi connectivity index (χ1n) is 15.4. The smallest absolute Gasteiger partial charge is 0.254 e. The lowest BCUT2D eigenvalue weighted by Crippen LogP contribution is -2.40. The van der Waals surface area contributed by atoms with Gasteiger partial charge < -0.3 is 24.8 Å². The molecule has 2 amide bonds. The van der Waals surface area contributed by atoms with Crippen LogP contribution in [0.15, 0.2) is 36.4 Å². The summed E-state index contributed by atoms with van der Waals surface area (Å²) in [6, 6.07) is 10.4. The Balaban J connectivity index is 1.23. The second-order valence-electron chi connectivity index (χ2n) is 12.8. The van der Waals surface area contributed by atoms with Gasteiger partial charge in [-0.1, -0.05) is 0 Å². The van der Waals surface area contributed by atoms with Crippen LogP contribution in [-0.4, -0.2) is 79.4 Å². The number of likely N-dealkylation sites (N-methyl/N-ethyl adjacent to an activating group) is 1. The van der Waals surface area contributed by atoms with E-state index in [1.165, 1.54) is 12.8 Å². The van der Waals surface area contributed by atoms with Gasteiger partial charge in [0.05, 0.1) is 24.2 Å². The first kappa shape index (κ1) is 26.4. The van der Waals surface area contributed by atoms with Crippen LogP contribution in [0.4, 0.5) is 0 Å². The van der Waals surface area contributed by atoms with Crippen molar-refractivity contribution in [3.05, 3.63) is 53.4 Å². The molecule has 7 heterocycles. The van der Waals surface area contributed by atoms with E-state index in [0.717, 1.165) is 71.6 Å². The Morgan fingerprint density at radius 1 is 1.12 bits per heavy atom. The highest BCUT2D eigenvalue weighted by atomic mass is 16.5. The maximum atomic E-state index is 13.8. The third-order valence-electron chi connectivity index (χ3n) is 10.0. The number of methoxy groups -OCH3 is 1. The first-order chi connectivity index (χ1) is 20.8. The summed E-state index contributed by atoms with van der Waals surface area (Å²) in [5.41, 5.74) is 13.1. The molecule has 43 heavy (non-hydrogen) atoms. The van der Waals surface area contributed by atoms with Crippen LogP contribution in [0.25, 0.3) is 33.6 Å². The Morgan fingerprint density at radius 2 is 1.95 bits per heavy atom. The topological polar surface area (TPSA) is 111 Å². The minimum Gasteiger partial charge on any atom is -0.482 e. The summed E-state index contributed by atoms with van der Waals surface area (Å²) in [6.07, 6.45) is 7.76. The molecule has 0 radical (unpaired) electrons. The van der Waals surface area contributed by atoms with Gasteiger partial charge in [0.15, 0.2) is 5.88 Å². The van der Waals surface area contributed by atoms with E-state index >= 15 is 0 Å². The number of hydrogen-bond acceptors (Lipinski definition) is 6. The molecule has 0 unspecified atom stereocenters. The molecule has 10 heteroatoms. The van der Waals surface area contributed by atoms with Crippen molar-refractivity contribution in [3.63, 3.8) is 0 Å². The number of carbonyl (C=O) groups is 2. The molecule has 1 aliphatic carbocycles. The molecule has 4 aromatic heterocycles. The summed E-state index contributed by atoms with van der Waals surface area (Å²) < 4.78 is 10.1. The fourth-order valence-corrected chi connectivity index (χ4v) is 7.47. The summed E-state index contributed by atoms with van der Waals surface area (Å²) in [7, 11) is 3.46. The van der Waals surface area contributed by atoms with E-state index in [4.69, 9.17) is 20.4 Å². The number of pyridine rings is 2. The molecular formula is C33H37N7O3. The number of amides is 2. The van der Waals surface area contributed by atoms with Gasteiger partial charge in [0.2, 0.25) is 5.91 Å². The van der Waals surface area contributed by atoms with Crippen LogP contribution >= 0.6 is 0 Å². The van der Waals surface area contributed by atoms with Crippen molar-refractivity contribution < 1.29 is 14.3 Å². The number of nitrogens with two attached hydrogens (primary N) is 1. The Labute approximate surface area is 250 Å². The number of ether oxygens (including phenoxy) is 1. The highest BCUT2D eigenvalue weighted by Gasteiger charge is 2.47. The van der Waals surface area contributed by atoms with Crippen LogP contribution in [0.2, 0.25) is 0 Å². The lowest BCUT2D eigenvalue weighted by atomic mass is 9.97. The van der Waals surface area contributed by atoms with Gasteiger partial charge in [0.25, 0.3) is 5.91 Å². The molecule has 3 aliphatic heterocycles. The molecule has 2 saturated heterocycles. The van der Waals surface area contributed by atoms with E-state index in [1.54, 1.807) is 18.1 Å². The van der Waals surface area contributed by atoms with Crippen molar-refractivity contribution in [2.24, 2.45) is 11.7 Å². The molecule has 1 saturated carbocycles. The molecule has 0 spiro atoms. The van der Waals surface area contributed by atoms with Gasteiger partial charge in [-0.2, -0.15) is 0 Å². The number of nitrogens with zero attached hydrogens (tertiary/aromatic N) is 6. The summed E-state index contributed by atoms with van der Waals surface area (Å²) in [6.45, 7) is 3.60. The van der Waals surface area contributed by atoms with Crippen LogP contribution in [-0.2, 0) is 11.3 Å². The third-order valence-corrected chi connectivity index (χ3v) is 10.0. The molecule has 4 aromatic rings. The molecule has 0 aromatic carbocycles. The second-order valence-corrected chi connectivity index (χ2v) is 12.8. The second kappa shape index (κ2) is 9.67. The monoisotopic (exact) mass is 579 g/mol. The Hall–Kier alpha value is -4.18. The van der Waals surface area contributed by atoms with Gasteiger partial charge in [-0.3, -0.25) is 14.0 Å². The molecule has 8 rings (SSSR count). The number of carbonyl (C=O) groups excluding carboxylic acids is 2. The zero-order chi connectivity index (χ0) is 29.6. The SMILES string of the molecule is COc1cc(C(=O)N2[C@H]3CC[C@@H]2[C@H](N)C3)cc2nc(-c3cc4ccc(C5=CC(=O)N(C)CC5)nc4n3CC3CC3)c(C)n12. The van der Waals surface area contributed by atoms with E-state index in [-0.39, 0.29) is 29.9 Å². The van der Waals surface area contributed by atoms with Crippen molar-refractivity contribution >= 4 is 34.1 Å². The predicted molar refractivity (Wildman–Crippen MR) is 164 cm³/mol. The zero-order valence-corrected chi connectivity index (χ0v) is 24.9. The number of rotatable bonds is 6. The van der Waals surface area contributed by atoms with Crippen LogP contribution < -0.4 is 10.5 Å². The van der Waals surface area contributed by atoms with E-state index in [9.17, 15) is 9.59 Å². The maximum Gasteiger partial charge on any atom is 0.254 e. The van der Waals surface area contributed by atoms with Gasteiger partial charge in [0, 0.05) is 61.4 Å². The molecule has 10 nitrogen and oxygen atoms in total. The lowest BCUT2D eigenvalue weighted by molar-refractivity contribution is -0.125. The Kier molecular flexibility index (Phi) is 5.95. The highest BCUT2D eigenvalue weighted by Crippen LogP contribution is 2.40. The fourth-order valence-electron chi connectivity index (χ4n) is 7.47. The lowest BCUT2D eigenvalue weighted by Gasteiger charge is -2.23. The maximum absolute atomic E-state index is 13.8. The van der Waals surface area contributed by atoms with Crippen LogP contribution in [0.5, 0.6) is 5.88 Å². The largest absolute Gasteiger partial charge is 0.482 e. The van der Waals surface area contributed by atoms with Gasteiger partial charge in [-0.25, -0.2) is 9.97 Å². The normalized spacial score (nSPS) is 23.6. The molecule has 2 bridgehead atoms. The van der Waals surface area contributed by atoms with Gasteiger partial charge >= 0.3 is 0 Å². The van der Waals surface area contributed by atoms with Crippen LogP contribution in [0, 0.1) is 12.8 Å². The van der Waals surface area contributed by atoms with E-state index in [0.29, 0.717) is 29.6 Å². The Bertz CT molecular complexity index is 1850. The van der Waals surface area contributed by atoms with Crippen LogP contribution in [0.1, 0.15) is 60.3 Å². The fraction of sp³-hybridized carbons (Fsp3) is 0.455. The van der Waals surface area contributed by atoms with Crippen molar-refractivity contribution in [1.29, 1.82) is 0 Å². The number of imidazole rings is 1. The van der Waals surface area contributed by atoms with Gasteiger partial charge in [-0.05, 0) is 81.2 Å². The summed E-state index contributed by atoms with van der Waals surface area (Å²) in [5.74, 6) is 1.22. The molecule has 2 N–H and O–H groups in total. The summed E-state index contributed by atoms with van der Waals surface area (Å²) in [4.78, 5) is 40.1. The minimum absolute atomic E-state index is 0.00437. The van der Waals surface area contributed by atoms with E-state index in [1.807, 2.05) is 41.5 Å². The van der Waals surface area contributed by atoms with Crippen molar-refractivity contribution in [2.45, 2.75) is 70.1 Å².